The van der Waals surface area contributed by atoms with Gasteiger partial charge in [0, 0.05) is 26.1 Å². The number of benzene rings is 1. The van der Waals surface area contributed by atoms with Gasteiger partial charge in [0.15, 0.2) is 0 Å². The molecular formula is C13H18N2O3S. The molecule has 0 spiro atoms. The second kappa shape index (κ2) is 5.71. The van der Waals surface area contributed by atoms with Crippen LogP contribution in [0.4, 0.5) is 0 Å². The molecule has 1 heterocycles. The molecule has 104 valence electrons. The quantitative estimate of drug-likeness (QED) is 0.898. The highest BCUT2D eigenvalue weighted by Crippen LogP contribution is 2.20. The molecule has 1 unspecified atom stereocenters. The van der Waals surface area contributed by atoms with Gasteiger partial charge in [-0.25, -0.2) is 8.42 Å². The zero-order chi connectivity index (χ0) is 13.9. The summed E-state index contributed by atoms with van der Waals surface area (Å²) < 4.78 is 26.3. The number of hydrogen-bond donors (Lipinski definition) is 1. The van der Waals surface area contributed by atoms with Gasteiger partial charge in [0.05, 0.1) is 4.90 Å². The van der Waals surface area contributed by atoms with Crippen LogP contribution < -0.4 is 5.32 Å². The van der Waals surface area contributed by atoms with Crippen molar-refractivity contribution in [1.82, 2.24) is 9.62 Å². The summed E-state index contributed by atoms with van der Waals surface area (Å²) in [4.78, 5) is 11.4. The largest absolute Gasteiger partial charge is 0.352 e. The number of carbonyl (C=O) groups is 1. The van der Waals surface area contributed by atoms with Gasteiger partial charge >= 0.3 is 0 Å². The van der Waals surface area contributed by atoms with Gasteiger partial charge in [-0.15, -0.1) is 0 Å². The van der Waals surface area contributed by atoms with Crippen LogP contribution in [0, 0.1) is 0 Å². The molecule has 1 amide bonds. The Bertz CT molecular complexity index is 542. The maximum absolute atomic E-state index is 12.4. The van der Waals surface area contributed by atoms with E-state index in [1.807, 2.05) is 0 Å². The second-order valence-corrected chi connectivity index (χ2v) is 6.65. The van der Waals surface area contributed by atoms with Crippen LogP contribution in [-0.4, -0.2) is 37.8 Å². The minimum atomic E-state index is -3.45. The van der Waals surface area contributed by atoms with Gasteiger partial charge in [0.25, 0.3) is 0 Å². The smallest absolute Gasteiger partial charge is 0.243 e. The maximum atomic E-state index is 12.4. The van der Waals surface area contributed by atoms with Crippen LogP contribution >= 0.6 is 0 Å². The lowest BCUT2D eigenvalue weighted by molar-refractivity contribution is -0.119. The molecule has 1 saturated heterocycles. The number of hydrogen-bond acceptors (Lipinski definition) is 3. The van der Waals surface area contributed by atoms with Crippen molar-refractivity contribution in [1.29, 1.82) is 0 Å². The van der Waals surface area contributed by atoms with Crippen LogP contribution in [0.5, 0.6) is 0 Å². The summed E-state index contributed by atoms with van der Waals surface area (Å²) >= 11 is 0. The Kier molecular flexibility index (Phi) is 4.21. The molecule has 0 radical (unpaired) electrons. The first-order valence-electron chi connectivity index (χ1n) is 6.32. The van der Waals surface area contributed by atoms with Gasteiger partial charge in [-0.1, -0.05) is 18.2 Å². The summed E-state index contributed by atoms with van der Waals surface area (Å²) in [6, 6.07) is 8.30. The van der Waals surface area contributed by atoms with Crippen LogP contribution in [0.1, 0.15) is 19.8 Å². The summed E-state index contributed by atoms with van der Waals surface area (Å²) in [6.45, 7) is 2.30. The molecule has 1 aromatic carbocycles. The first-order chi connectivity index (χ1) is 9.00. The van der Waals surface area contributed by atoms with Crippen LogP contribution in [0.3, 0.4) is 0 Å². The predicted molar refractivity (Wildman–Crippen MR) is 72.0 cm³/mol. The van der Waals surface area contributed by atoms with Crippen LogP contribution in [0.25, 0.3) is 0 Å². The van der Waals surface area contributed by atoms with Gasteiger partial charge in [0.2, 0.25) is 15.9 Å². The Hall–Kier alpha value is -1.40. The number of rotatable bonds is 3. The number of nitrogens with zero attached hydrogens (tertiary/aromatic N) is 1. The van der Waals surface area contributed by atoms with E-state index in [0.717, 1.165) is 12.8 Å². The summed E-state index contributed by atoms with van der Waals surface area (Å²) in [6.07, 6.45) is 1.58. The minimum Gasteiger partial charge on any atom is -0.352 e. The molecule has 1 aromatic rings. The molecule has 1 N–H and O–H groups in total. The molecule has 0 aromatic heterocycles. The van der Waals surface area contributed by atoms with Crippen LogP contribution in [0.2, 0.25) is 0 Å². The fourth-order valence-corrected chi connectivity index (χ4v) is 3.85. The van der Waals surface area contributed by atoms with Gasteiger partial charge in [-0.3, -0.25) is 4.79 Å². The average Bonchev–Trinajstić information content (AvgIpc) is 2.39. The summed E-state index contributed by atoms with van der Waals surface area (Å²) in [7, 11) is -3.45. The number of piperidine rings is 1. The van der Waals surface area contributed by atoms with Gasteiger partial charge in [-0.2, -0.15) is 4.31 Å². The minimum absolute atomic E-state index is 0.0928. The number of nitrogens with one attached hydrogen (secondary N) is 1. The zero-order valence-corrected chi connectivity index (χ0v) is 11.7. The number of carbonyl (C=O) groups excluding carboxylic acids is 1. The Morgan fingerprint density at radius 3 is 2.63 bits per heavy atom. The second-order valence-electron chi connectivity index (χ2n) is 4.72. The molecule has 5 nitrogen and oxygen atoms in total. The highest BCUT2D eigenvalue weighted by Gasteiger charge is 2.30. The molecule has 0 bridgehead atoms. The monoisotopic (exact) mass is 282 g/mol. The number of sulfonamides is 1. The van der Waals surface area contributed by atoms with Crippen molar-refractivity contribution in [3.05, 3.63) is 30.3 Å². The lowest BCUT2D eigenvalue weighted by Gasteiger charge is -2.32. The molecule has 1 aliphatic rings. The van der Waals surface area contributed by atoms with E-state index in [1.165, 1.54) is 11.2 Å². The topological polar surface area (TPSA) is 66.5 Å². The average molecular weight is 282 g/mol. The lowest BCUT2D eigenvalue weighted by Crippen LogP contribution is -2.49. The molecular weight excluding hydrogens is 264 g/mol. The van der Waals surface area contributed by atoms with Crippen molar-refractivity contribution in [3.63, 3.8) is 0 Å². The van der Waals surface area contributed by atoms with Gasteiger partial charge in [-0.05, 0) is 25.0 Å². The standard InChI is InChI=1S/C13H18N2O3S/c1-11(16)14-12-6-5-9-15(10-12)19(17,18)13-7-3-2-4-8-13/h2-4,7-8,12H,5-6,9-10H2,1H3,(H,14,16). The third-order valence-corrected chi connectivity index (χ3v) is 5.05. The molecule has 19 heavy (non-hydrogen) atoms. The lowest BCUT2D eigenvalue weighted by atomic mass is 10.1. The van der Waals surface area contributed by atoms with E-state index in [0.29, 0.717) is 18.0 Å². The van der Waals surface area contributed by atoms with Crippen molar-refractivity contribution in [2.24, 2.45) is 0 Å². The van der Waals surface area contributed by atoms with Crippen molar-refractivity contribution >= 4 is 15.9 Å². The van der Waals surface area contributed by atoms with E-state index >= 15 is 0 Å². The van der Waals surface area contributed by atoms with Crippen molar-refractivity contribution in [2.45, 2.75) is 30.7 Å². The molecule has 1 aliphatic heterocycles. The number of amides is 1. The van der Waals surface area contributed by atoms with E-state index in [-0.39, 0.29) is 11.9 Å². The van der Waals surface area contributed by atoms with Crippen LogP contribution in [-0.2, 0) is 14.8 Å². The fraction of sp³-hybridized carbons (Fsp3) is 0.462. The van der Waals surface area contributed by atoms with E-state index in [4.69, 9.17) is 0 Å². The van der Waals surface area contributed by atoms with Crippen molar-refractivity contribution < 1.29 is 13.2 Å². The molecule has 0 saturated carbocycles. The summed E-state index contributed by atoms with van der Waals surface area (Å²) in [5, 5.41) is 2.79. The molecule has 6 heteroatoms. The van der Waals surface area contributed by atoms with Crippen LogP contribution in [0.15, 0.2) is 35.2 Å². The highest BCUT2D eigenvalue weighted by molar-refractivity contribution is 7.89. The Balaban J connectivity index is 2.15. The van der Waals surface area contributed by atoms with Crippen molar-refractivity contribution in [3.8, 4) is 0 Å². The van der Waals surface area contributed by atoms with E-state index in [9.17, 15) is 13.2 Å². The zero-order valence-electron chi connectivity index (χ0n) is 10.9. The first-order valence-corrected chi connectivity index (χ1v) is 7.76. The molecule has 1 fully saturated rings. The fourth-order valence-electron chi connectivity index (χ4n) is 2.31. The summed E-state index contributed by atoms with van der Waals surface area (Å²) in [5.74, 6) is -0.121. The van der Waals surface area contributed by atoms with E-state index in [1.54, 1.807) is 30.3 Å². The van der Waals surface area contributed by atoms with Crippen molar-refractivity contribution in [2.75, 3.05) is 13.1 Å². The normalized spacial score (nSPS) is 21.0. The SMILES string of the molecule is CC(=O)NC1CCCN(S(=O)(=O)c2ccccc2)C1. The third-order valence-electron chi connectivity index (χ3n) is 3.17. The maximum Gasteiger partial charge on any atom is 0.243 e. The molecule has 0 aliphatic carbocycles. The Labute approximate surface area is 113 Å². The molecule has 1 atom stereocenters. The Morgan fingerprint density at radius 2 is 2.00 bits per heavy atom. The van der Waals surface area contributed by atoms with E-state index in [2.05, 4.69) is 5.32 Å². The highest BCUT2D eigenvalue weighted by atomic mass is 32.2. The predicted octanol–water partition coefficient (Wildman–Crippen LogP) is 0.976. The summed E-state index contributed by atoms with van der Waals surface area (Å²) in [5.41, 5.74) is 0. The van der Waals surface area contributed by atoms with Gasteiger partial charge < -0.3 is 5.32 Å². The first kappa shape index (κ1) is 14.0. The third kappa shape index (κ3) is 3.33. The molecule has 2 rings (SSSR count). The van der Waals surface area contributed by atoms with E-state index < -0.39 is 10.0 Å². The van der Waals surface area contributed by atoms with Gasteiger partial charge in [0.1, 0.15) is 0 Å². The Morgan fingerprint density at radius 1 is 1.32 bits per heavy atom.